The van der Waals surface area contributed by atoms with Gasteiger partial charge in [0.05, 0.1) is 12.7 Å². The molecule has 0 aliphatic heterocycles. The highest BCUT2D eigenvalue weighted by molar-refractivity contribution is 6.14. The Labute approximate surface area is 133 Å². The van der Waals surface area contributed by atoms with Crippen LogP contribution in [0, 0.1) is 5.82 Å². The summed E-state index contributed by atoms with van der Waals surface area (Å²) in [5.74, 6) is 0.273. The summed E-state index contributed by atoms with van der Waals surface area (Å²) >= 11 is 0. The number of fused-ring (bicyclic) bond motifs is 3. The molecule has 0 radical (unpaired) electrons. The predicted molar refractivity (Wildman–Crippen MR) is 93.4 cm³/mol. The van der Waals surface area contributed by atoms with Gasteiger partial charge in [-0.25, -0.2) is 4.39 Å². The van der Waals surface area contributed by atoms with Crippen molar-refractivity contribution in [2.45, 2.75) is 0 Å². The lowest BCUT2D eigenvalue weighted by molar-refractivity contribution is 0.413. The van der Waals surface area contributed by atoms with Crippen molar-refractivity contribution in [1.29, 1.82) is 0 Å². The standard InChI is InChI=1S/C21H15FO/c1-23-20-12-6-11-19(22)21(20)18-13-14-7-2-3-8-15(14)16-9-4-5-10-17(16)18/h2-13H,1H3. The Hall–Kier alpha value is -2.87. The maximum atomic E-state index is 14.6. The summed E-state index contributed by atoms with van der Waals surface area (Å²) in [6, 6.07) is 23.3. The number of hydrogen-bond acceptors (Lipinski definition) is 1. The van der Waals surface area contributed by atoms with E-state index in [1.165, 1.54) is 11.5 Å². The highest BCUT2D eigenvalue weighted by atomic mass is 19.1. The molecule has 4 aromatic rings. The van der Waals surface area contributed by atoms with Crippen LogP contribution in [-0.4, -0.2) is 7.11 Å². The normalized spacial score (nSPS) is 11.0. The topological polar surface area (TPSA) is 9.23 Å². The molecular weight excluding hydrogens is 287 g/mol. The highest BCUT2D eigenvalue weighted by Crippen LogP contribution is 2.40. The van der Waals surface area contributed by atoms with Gasteiger partial charge in [0.15, 0.2) is 0 Å². The zero-order chi connectivity index (χ0) is 15.8. The minimum atomic E-state index is -0.273. The van der Waals surface area contributed by atoms with Gasteiger partial charge in [0, 0.05) is 0 Å². The predicted octanol–water partition coefficient (Wildman–Crippen LogP) is 5.81. The smallest absolute Gasteiger partial charge is 0.134 e. The Morgan fingerprint density at radius 1 is 0.739 bits per heavy atom. The zero-order valence-electron chi connectivity index (χ0n) is 12.7. The summed E-state index contributed by atoms with van der Waals surface area (Å²) < 4.78 is 20.0. The van der Waals surface area contributed by atoms with Gasteiger partial charge in [-0.3, -0.25) is 0 Å². The van der Waals surface area contributed by atoms with E-state index in [4.69, 9.17) is 4.74 Å². The van der Waals surface area contributed by atoms with E-state index in [-0.39, 0.29) is 5.82 Å². The van der Waals surface area contributed by atoms with E-state index in [9.17, 15) is 4.39 Å². The molecule has 0 saturated heterocycles. The fraction of sp³-hybridized carbons (Fsp3) is 0.0476. The van der Waals surface area contributed by atoms with E-state index in [0.717, 1.165) is 21.7 Å². The van der Waals surface area contributed by atoms with Crippen molar-refractivity contribution in [3.8, 4) is 16.9 Å². The average molecular weight is 302 g/mol. The molecule has 0 unspecified atom stereocenters. The first-order valence-electron chi connectivity index (χ1n) is 7.53. The van der Waals surface area contributed by atoms with Gasteiger partial charge in [0.25, 0.3) is 0 Å². The van der Waals surface area contributed by atoms with E-state index >= 15 is 0 Å². The average Bonchev–Trinajstić information content (AvgIpc) is 2.61. The van der Waals surface area contributed by atoms with Crippen molar-refractivity contribution >= 4 is 21.5 Å². The number of methoxy groups -OCH3 is 1. The molecule has 4 rings (SSSR count). The van der Waals surface area contributed by atoms with Crippen molar-refractivity contribution in [1.82, 2.24) is 0 Å². The second-order valence-electron chi connectivity index (χ2n) is 5.51. The van der Waals surface area contributed by atoms with E-state index in [2.05, 4.69) is 18.2 Å². The molecular formula is C21H15FO. The minimum absolute atomic E-state index is 0.273. The summed E-state index contributed by atoms with van der Waals surface area (Å²) in [5, 5.41) is 4.40. The molecule has 0 aromatic heterocycles. The molecule has 0 amide bonds. The molecule has 0 aliphatic rings. The SMILES string of the molecule is COc1cccc(F)c1-c1cc2ccccc2c2ccccc12. The van der Waals surface area contributed by atoms with Crippen LogP contribution in [0.3, 0.4) is 0 Å². The molecule has 1 nitrogen and oxygen atoms in total. The second-order valence-corrected chi connectivity index (χ2v) is 5.51. The van der Waals surface area contributed by atoms with Gasteiger partial charge < -0.3 is 4.74 Å². The fourth-order valence-corrected chi connectivity index (χ4v) is 3.20. The third-order valence-electron chi connectivity index (χ3n) is 4.23. The third kappa shape index (κ3) is 2.15. The van der Waals surface area contributed by atoms with Gasteiger partial charge in [0.1, 0.15) is 11.6 Å². The maximum Gasteiger partial charge on any atom is 0.134 e. The van der Waals surface area contributed by atoms with Crippen LogP contribution in [0.4, 0.5) is 4.39 Å². The van der Waals surface area contributed by atoms with Crippen LogP contribution in [-0.2, 0) is 0 Å². The van der Waals surface area contributed by atoms with E-state index < -0.39 is 0 Å². The Bertz CT molecular complexity index is 1020. The van der Waals surface area contributed by atoms with Crippen LogP contribution in [0.5, 0.6) is 5.75 Å². The molecule has 23 heavy (non-hydrogen) atoms. The summed E-state index contributed by atoms with van der Waals surface area (Å²) in [6.45, 7) is 0. The summed E-state index contributed by atoms with van der Waals surface area (Å²) in [6.07, 6.45) is 0. The van der Waals surface area contributed by atoms with Crippen LogP contribution in [0.25, 0.3) is 32.7 Å². The molecule has 0 fully saturated rings. The van der Waals surface area contributed by atoms with Crippen LogP contribution in [0.15, 0.2) is 72.8 Å². The van der Waals surface area contributed by atoms with Crippen molar-refractivity contribution in [2.24, 2.45) is 0 Å². The van der Waals surface area contributed by atoms with Crippen LogP contribution < -0.4 is 4.74 Å². The molecule has 112 valence electrons. The quantitative estimate of drug-likeness (QED) is 0.425. The van der Waals surface area contributed by atoms with Gasteiger partial charge >= 0.3 is 0 Å². The Morgan fingerprint density at radius 2 is 1.43 bits per heavy atom. The largest absolute Gasteiger partial charge is 0.496 e. The van der Waals surface area contributed by atoms with Crippen molar-refractivity contribution in [3.63, 3.8) is 0 Å². The van der Waals surface area contributed by atoms with Gasteiger partial charge in [-0.15, -0.1) is 0 Å². The Balaban J connectivity index is 2.19. The molecule has 2 heteroatoms. The van der Waals surface area contributed by atoms with E-state index in [1.807, 2.05) is 36.4 Å². The molecule has 0 spiro atoms. The number of benzene rings is 4. The van der Waals surface area contributed by atoms with Crippen molar-refractivity contribution < 1.29 is 9.13 Å². The second kappa shape index (κ2) is 5.40. The van der Waals surface area contributed by atoms with Crippen molar-refractivity contribution in [3.05, 3.63) is 78.6 Å². The zero-order valence-corrected chi connectivity index (χ0v) is 12.7. The first-order valence-corrected chi connectivity index (χ1v) is 7.53. The van der Waals surface area contributed by atoms with E-state index in [0.29, 0.717) is 11.3 Å². The molecule has 0 N–H and O–H groups in total. The number of halogens is 1. The summed E-state index contributed by atoms with van der Waals surface area (Å²) in [5.41, 5.74) is 1.37. The number of rotatable bonds is 2. The maximum absolute atomic E-state index is 14.6. The fourth-order valence-electron chi connectivity index (χ4n) is 3.20. The van der Waals surface area contributed by atoms with Gasteiger partial charge in [0.2, 0.25) is 0 Å². The summed E-state index contributed by atoms with van der Waals surface area (Å²) in [4.78, 5) is 0. The van der Waals surface area contributed by atoms with E-state index in [1.54, 1.807) is 19.2 Å². The first-order chi connectivity index (χ1) is 11.3. The molecule has 0 bridgehead atoms. The van der Waals surface area contributed by atoms with Crippen LogP contribution in [0.1, 0.15) is 0 Å². The molecule has 0 aliphatic carbocycles. The number of ether oxygens (including phenoxy) is 1. The lowest BCUT2D eigenvalue weighted by Crippen LogP contribution is -1.93. The van der Waals surface area contributed by atoms with Crippen molar-refractivity contribution in [2.75, 3.05) is 7.11 Å². The lowest BCUT2D eigenvalue weighted by atomic mass is 9.92. The number of hydrogen-bond donors (Lipinski definition) is 0. The minimum Gasteiger partial charge on any atom is -0.496 e. The third-order valence-corrected chi connectivity index (χ3v) is 4.23. The van der Waals surface area contributed by atoms with Gasteiger partial charge in [-0.2, -0.15) is 0 Å². The van der Waals surface area contributed by atoms with Crippen LogP contribution >= 0.6 is 0 Å². The highest BCUT2D eigenvalue weighted by Gasteiger charge is 2.15. The monoisotopic (exact) mass is 302 g/mol. The lowest BCUT2D eigenvalue weighted by Gasteiger charge is -2.14. The summed E-state index contributed by atoms with van der Waals surface area (Å²) in [7, 11) is 1.57. The first kappa shape index (κ1) is 13.8. The Morgan fingerprint density at radius 3 is 2.22 bits per heavy atom. The molecule has 0 atom stereocenters. The molecule has 0 heterocycles. The molecule has 4 aromatic carbocycles. The van der Waals surface area contributed by atoms with Crippen LogP contribution in [0.2, 0.25) is 0 Å². The Kier molecular flexibility index (Phi) is 3.23. The molecule has 0 saturated carbocycles. The van der Waals surface area contributed by atoms with Gasteiger partial charge in [-0.05, 0) is 45.3 Å². The van der Waals surface area contributed by atoms with Gasteiger partial charge in [-0.1, -0.05) is 54.6 Å².